The molecule has 0 aliphatic rings. The Hall–Kier alpha value is -1.41. The molecule has 1 heterocycles. The zero-order chi connectivity index (χ0) is 12.1. The third-order valence-corrected chi connectivity index (χ3v) is 3.20. The van der Waals surface area contributed by atoms with Crippen LogP contribution in [-0.2, 0) is 0 Å². The average molecular weight is 228 g/mol. The number of hydrogen-bond donors (Lipinski definition) is 1. The van der Waals surface area contributed by atoms with Gasteiger partial charge in [-0.2, -0.15) is 0 Å². The van der Waals surface area contributed by atoms with Gasteiger partial charge in [-0.1, -0.05) is 32.0 Å². The van der Waals surface area contributed by atoms with Gasteiger partial charge in [0.2, 0.25) is 0 Å². The molecule has 0 amide bonds. The van der Waals surface area contributed by atoms with E-state index in [2.05, 4.69) is 48.4 Å². The van der Waals surface area contributed by atoms with E-state index < -0.39 is 0 Å². The lowest BCUT2D eigenvalue weighted by Gasteiger charge is -2.12. The lowest BCUT2D eigenvalue weighted by Crippen LogP contribution is -2.15. The van der Waals surface area contributed by atoms with Gasteiger partial charge in [0.25, 0.3) is 0 Å². The lowest BCUT2D eigenvalue weighted by atomic mass is 9.96. The molecule has 0 bridgehead atoms. The summed E-state index contributed by atoms with van der Waals surface area (Å²) < 4.78 is 0. The Kier molecular flexibility index (Phi) is 4.10. The minimum absolute atomic E-state index is 0.584. The van der Waals surface area contributed by atoms with E-state index in [1.54, 1.807) is 0 Å². The first kappa shape index (κ1) is 12.1. The number of hydrogen-bond acceptors (Lipinski definition) is 2. The van der Waals surface area contributed by atoms with Crippen LogP contribution in [0.2, 0.25) is 0 Å². The molecule has 0 spiro atoms. The third-order valence-electron chi connectivity index (χ3n) is 3.20. The molecule has 0 aliphatic carbocycles. The molecular weight excluding hydrogens is 208 g/mol. The van der Waals surface area contributed by atoms with Gasteiger partial charge in [0, 0.05) is 11.6 Å². The zero-order valence-corrected chi connectivity index (χ0v) is 10.6. The quantitative estimate of drug-likeness (QED) is 0.794. The molecule has 1 aromatic heterocycles. The van der Waals surface area contributed by atoms with E-state index in [0.717, 1.165) is 18.6 Å². The Morgan fingerprint density at radius 1 is 1.29 bits per heavy atom. The largest absolute Gasteiger partial charge is 0.317 e. The summed E-state index contributed by atoms with van der Waals surface area (Å²) in [5.41, 5.74) is 2.48. The van der Waals surface area contributed by atoms with Gasteiger partial charge >= 0.3 is 0 Å². The van der Waals surface area contributed by atoms with E-state index in [0.29, 0.717) is 5.92 Å². The minimum atomic E-state index is 0.584. The molecule has 0 aliphatic heterocycles. The van der Waals surface area contributed by atoms with Crippen molar-refractivity contribution in [3.8, 4) is 0 Å². The predicted octanol–water partition coefficient (Wildman–Crippen LogP) is 3.34. The highest BCUT2D eigenvalue weighted by atomic mass is 14.8. The molecular formula is C15H20N2. The average Bonchev–Trinajstić information content (AvgIpc) is 2.38. The molecule has 0 fully saturated rings. The van der Waals surface area contributed by atoms with Gasteiger partial charge in [0.1, 0.15) is 0 Å². The van der Waals surface area contributed by atoms with Crippen LogP contribution in [0.3, 0.4) is 0 Å². The fraction of sp³-hybridized carbons (Fsp3) is 0.400. The highest BCUT2D eigenvalue weighted by Gasteiger charge is 2.06. The molecule has 90 valence electrons. The van der Waals surface area contributed by atoms with Gasteiger partial charge in [0.15, 0.2) is 0 Å². The second kappa shape index (κ2) is 5.78. The first-order chi connectivity index (χ1) is 8.31. The summed E-state index contributed by atoms with van der Waals surface area (Å²) in [6.45, 7) is 6.55. The maximum atomic E-state index is 4.41. The van der Waals surface area contributed by atoms with Gasteiger partial charge in [-0.15, -0.1) is 0 Å². The van der Waals surface area contributed by atoms with Crippen molar-refractivity contribution in [2.75, 3.05) is 13.1 Å². The Morgan fingerprint density at radius 2 is 2.18 bits per heavy atom. The van der Waals surface area contributed by atoms with Crippen LogP contribution in [0.15, 0.2) is 36.5 Å². The first-order valence-corrected chi connectivity index (χ1v) is 6.36. The van der Waals surface area contributed by atoms with Crippen molar-refractivity contribution in [2.24, 2.45) is 0 Å². The summed E-state index contributed by atoms with van der Waals surface area (Å²) in [6, 6.07) is 10.7. The number of nitrogens with one attached hydrogen (secondary N) is 1. The van der Waals surface area contributed by atoms with E-state index in [-0.39, 0.29) is 0 Å². The molecule has 1 unspecified atom stereocenters. The lowest BCUT2D eigenvalue weighted by molar-refractivity contribution is 0.609. The maximum absolute atomic E-state index is 4.41. The minimum Gasteiger partial charge on any atom is -0.317 e. The van der Waals surface area contributed by atoms with Crippen molar-refractivity contribution in [1.29, 1.82) is 0 Å². The summed E-state index contributed by atoms with van der Waals surface area (Å²) in [4.78, 5) is 4.41. The highest BCUT2D eigenvalue weighted by Crippen LogP contribution is 2.22. The van der Waals surface area contributed by atoms with Crippen LogP contribution in [0.5, 0.6) is 0 Å². The Bertz CT molecular complexity index is 479. The normalized spacial score (nSPS) is 12.8. The predicted molar refractivity (Wildman–Crippen MR) is 73.3 cm³/mol. The van der Waals surface area contributed by atoms with Gasteiger partial charge in [-0.05, 0) is 43.1 Å². The van der Waals surface area contributed by atoms with Crippen molar-refractivity contribution in [3.05, 3.63) is 42.1 Å². The van der Waals surface area contributed by atoms with Crippen LogP contribution in [0, 0.1) is 0 Å². The monoisotopic (exact) mass is 228 g/mol. The van der Waals surface area contributed by atoms with Crippen LogP contribution in [0.4, 0.5) is 0 Å². The van der Waals surface area contributed by atoms with Crippen LogP contribution in [0.1, 0.15) is 31.7 Å². The molecule has 1 N–H and O–H groups in total. The standard InChI is InChI=1S/C15H20N2/c1-3-16-10-8-12(2)14-7-6-13-5-4-9-17-15(13)11-14/h4-7,9,11-12,16H,3,8,10H2,1-2H3. The van der Waals surface area contributed by atoms with Crippen LogP contribution >= 0.6 is 0 Å². The van der Waals surface area contributed by atoms with E-state index >= 15 is 0 Å². The molecule has 1 atom stereocenters. The first-order valence-electron chi connectivity index (χ1n) is 6.36. The van der Waals surface area contributed by atoms with Crippen molar-refractivity contribution in [1.82, 2.24) is 10.3 Å². The maximum Gasteiger partial charge on any atom is 0.0704 e. The smallest absolute Gasteiger partial charge is 0.0704 e. The fourth-order valence-corrected chi connectivity index (χ4v) is 2.05. The SMILES string of the molecule is CCNCCC(C)c1ccc2cccnc2c1. The molecule has 0 radical (unpaired) electrons. The number of fused-ring (bicyclic) bond motifs is 1. The summed E-state index contributed by atoms with van der Waals surface area (Å²) in [7, 11) is 0. The van der Waals surface area contributed by atoms with Gasteiger partial charge < -0.3 is 5.32 Å². The van der Waals surface area contributed by atoms with Crippen molar-refractivity contribution in [2.45, 2.75) is 26.2 Å². The van der Waals surface area contributed by atoms with Crippen molar-refractivity contribution < 1.29 is 0 Å². The highest BCUT2D eigenvalue weighted by molar-refractivity contribution is 5.78. The summed E-state index contributed by atoms with van der Waals surface area (Å²) in [5, 5.41) is 4.59. The second-order valence-electron chi connectivity index (χ2n) is 4.50. The molecule has 0 saturated heterocycles. The molecule has 17 heavy (non-hydrogen) atoms. The van der Waals surface area contributed by atoms with E-state index in [1.807, 2.05) is 12.3 Å². The van der Waals surface area contributed by atoms with Crippen molar-refractivity contribution in [3.63, 3.8) is 0 Å². The number of aromatic nitrogens is 1. The Balaban J connectivity index is 2.12. The van der Waals surface area contributed by atoms with E-state index in [9.17, 15) is 0 Å². The van der Waals surface area contributed by atoms with Gasteiger partial charge in [-0.25, -0.2) is 0 Å². The molecule has 0 saturated carbocycles. The van der Waals surface area contributed by atoms with Crippen LogP contribution in [-0.4, -0.2) is 18.1 Å². The number of rotatable bonds is 5. The van der Waals surface area contributed by atoms with Crippen LogP contribution in [0.25, 0.3) is 10.9 Å². The number of nitrogens with zero attached hydrogens (tertiary/aromatic N) is 1. The topological polar surface area (TPSA) is 24.9 Å². The molecule has 2 heteroatoms. The number of pyridine rings is 1. The van der Waals surface area contributed by atoms with E-state index in [1.165, 1.54) is 17.4 Å². The summed E-state index contributed by atoms with van der Waals surface area (Å²) in [6.07, 6.45) is 3.03. The molecule has 2 rings (SSSR count). The summed E-state index contributed by atoms with van der Waals surface area (Å²) in [5.74, 6) is 0.584. The molecule has 2 nitrogen and oxygen atoms in total. The summed E-state index contributed by atoms with van der Waals surface area (Å²) >= 11 is 0. The molecule has 1 aromatic carbocycles. The van der Waals surface area contributed by atoms with E-state index in [4.69, 9.17) is 0 Å². The second-order valence-corrected chi connectivity index (χ2v) is 4.50. The fourth-order valence-electron chi connectivity index (χ4n) is 2.05. The third kappa shape index (κ3) is 3.04. The Morgan fingerprint density at radius 3 is 3.00 bits per heavy atom. The van der Waals surface area contributed by atoms with Gasteiger partial charge in [-0.3, -0.25) is 4.98 Å². The zero-order valence-electron chi connectivity index (χ0n) is 10.6. The Labute approximate surface area is 103 Å². The molecule has 2 aromatic rings. The van der Waals surface area contributed by atoms with Crippen LogP contribution < -0.4 is 5.32 Å². The van der Waals surface area contributed by atoms with Gasteiger partial charge in [0.05, 0.1) is 5.52 Å². The van der Waals surface area contributed by atoms with Crippen molar-refractivity contribution >= 4 is 10.9 Å². The number of benzene rings is 1.